The van der Waals surface area contributed by atoms with Crippen LogP contribution in [0.4, 0.5) is 11.6 Å². The summed E-state index contributed by atoms with van der Waals surface area (Å²) in [5.74, 6) is 0.642. The molecule has 42 heavy (non-hydrogen) atoms. The van der Waals surface area contributed by atoms with Crippen molar-refractivity contribution in [3.8, 4) is 11.1 Å². The zero-order valence-electron chi connectivity index (χ0n) is 24.0. The number of nitrogens with one attached hydrogen (secondary N) is 1. The van der Waals surface area contributed by atoms with Gasteiger partial charge in [-0.05, 0) is 57.4 Å². The maximum atomic E-state index is 13.2. The molecule has 2 fully saturated rings. The summed E-state index contributed by atoms with van der Waals surface area (Å²) >= 11 is 1.72. The Kier molecular flexibility index (Phi) is 7.22. The first-order chi connectivity index (χ1) is 20.5. The lowest BCUT2D eigenvalue weighted by atomic mass is 10.0. The van der Waals surface area contributed by atoms with Gasteiger partial charge in [-0.15, -0.1) is 11.3 Å². The van der Waals surface area contributed by atoms with Crippen LogP contribution in [-0.4, -0.2) is 55.7 Å². The predicted molar refractivity (Wildman–Crippen MR) is 172 cm³/mol. The van der Waals surface area contributed by atoms with E-state index in [0.29, 0.717) is 23.5 Å². The first kappa shape index (κ1) is 27.1. The molecule has 2 saturated heterocycles. The molecule has 7 rings (SSSR count). The average Bonchev–Trinajstić information content (AvgIpc) is 3.39. The number of piperidine rings is 1. The van der Waals surface area contributed by atoms with Crippen LogP contribution in [-0.2, 0) is 9.53 Å². The highest BCUT2D eigenvalue weighted by atomic mass is 32.1. The third-order valence-electron chi connectivity index (χ3n) is 8.66. The Morgan fingerprint density at radius 1 is 0.952 bits per heavy atom. The van der Waals surface area contributed by atoms with Crippen LogP contribution in [0.1, 0.15) is 33.1 Å². The van der Waals surface area contributed by atoms with E-state index >= 15 is 0 Å². The third kappa shape index (κ3) is 4.97. The highest BCUT2D eigenvalue weighted by Crippen LogP contribution is 2.42. The number of anilines is 2. The standard InChI is InChI=1S/C34H35N3O4S/c1-21-20-37(16-17-40-21)22(2)34(39)35-23-12-13-30-28(18-23)26-10-7-9-25(33(26)42-30)24-8-6-11-27-29(38)19-31(41-32(24)27)36-14-4-3-5-15-36/h6-13,18-19,21-22H,3-5,14-17,20H2,1-2H3,(H,35,39). The molecule has 1 N–H and O–H groups in total. The van der Waals surface area contributed by atoms with Crippen molar-refractivity contribution in [1.82, 2.24) is 4.90 Å². The number of hydrogen-bond acceptors (Lipinski definition) is 7. The van der Waals surface area contributed by atoms with Crippen molar-refractivity contribution < 1.29 is 13.9 Å². The van der Waals surface area contributed by atoms with Crippen molar-refractivity contribution in [3.05, 3.63) is 70.9 Å². The number of para-hydroxylation sites is 1. The molecule has 7 nitrogen and oxygen atoms in total. The predicted octanol–water partition coefficient (Wildman–Crippen LogP) is 6.87. The molecule has 0 aliphatic carbocycles. The van der Waals surface area contributed by atoms with Crippen molar-refractivity contribution in [2.24, 2.45) is 0 Å². The van der Waals surface area contributed by atoms with Gasteiger partial charge >= 0.3 is 0 Å². The second kappa shape index (κ2) is 11.2. The van der Waals surface area contributed by atoms with Crippen molar-refractivity contribution in [3.63, 3.8) is 0 Å². The molecule has 5 aromatic rings. The lowest BCUT2D eigenvalue weighted by molar-refractivity contribution is -0.123. The van der Waals surface area contributed by atoms with Crippen LogP contribution < -0.4 is 15.6 Å². The minimum atomic E-state index is -0.242. The Labute approximate surface area is 248 Å². The van der Waals surface area contributed by atoms with Crippen molar-refractivity contribution >= 4 is 60.0 Å². The van der Waals surface area contributed by atoms with E-state index in [4.69, 9.17) is 9.15 Å². The summed E-state index contributed by atoms with van der Waals surface area (Å²) in [5, 5.41) is 5.95. The number of carbonyl (C=O) groups is 1. The molecular formula is C34H35N3O4S. The molecule has 4 heterocycles. The zero-order valence-corrected chi connectivity index (χ0v) is 24.8. The van der Waals surface area contributed by atoms with Gasteiger partial charge in [0.15, 0.2) is 11.3 Å². The summed E-state index contributed by atoms with van der Waals surface area (Å²) in [4.78, 5) is 30.7. The van der Waals surface area contributed by atoms with Gasteiger partial charge in [0.05, 0.1) is 24.1 Å². The number of ether oxygens (including phenoxy) is 1. The van der Waals surface area contributed by atoms with E-state index in [1.807, 2.05) is 38.1 Å². The van der Waals surface area contributed by atoms with Gasteiger partial charge in [0.25, 0.3) is 0 Å². The van der Waals surface area contributed by atoms with Crippen LogP contribution in [0.3, 0.4) is 0 Å². The maximum absolute atomic E-state index is 13.2. The normalized spacial score (nSPS) is 19.0. The Morgan fingerprint density at radius 3 is 2.55 bits per heavy atom. The van der Waals surface area contributed by atoms with Crippen LogP contribution in [0.25, 0.3) is 42.3 Å². The number of morpholine rings is 1. The van der Waals surface area contributed by atoms with E-state index in [1.54, 1.807) is 17.4 Å². The fourth-order valence-electron chi connectivity index (χ4n) is 6.35. The summed E-state index contributed by atoms with van der Waals surface area (Å²) in [6.07, 6.45) is 3.56. The Bertz CT molecular complexity index is 1860. The average molecular weight is 582 g/mol. The van der Waals surface area contributed by atoms with Gasteiger partial charge in [-0.25, -0.2) is 0 Å². The topological polar surface area (TPSA) is 75.0 Å². The second-order valence-corrected chi connectivity index (χ2v) is 12.6. The first-order valence-electron chi connectivity index (χ1n) is 14.9. The van der Waals surface area contributed by atoms with Gasteiger partial charge in [0, 0.05) is 69.2 Å². The molecule has 0 bridgehead atoms. The van der Waals surface area contributed by atoms with E-state index in [9.17, 15) is 9.59 Å². The number of thiophene rings is 1. The number of benzene rings is 3. The van der Waals surface area contributed by atoms with Crippen molar-refractivity contribution in [1.29, 1.82) is 0 Å². The minimum Gasteiger partial charge on any atom is -0.440 e. The molecule has 2 unspecified atom stereocenters. The summed E-state index contributed by atoms with van der Waals surface area (Å²) in [6.45, 7) is 7.96. The SMILES string of the molecule is CC1CN(C(C)C(=O)Nc2ccc3sc4c(-c5cccc6c(=O)cc(N7CCCCC7)oc56)cccc4c3c2)CCO1. The quantitative estimate of drug-likeness (QED) is 0.244. The number of carbonyl (C=O) groups excluding carboxylic acids is 1. The molecule has 1 amide bonds. The maximum Gasteiger partial charge on any atom is 0.241 e. The number of amides is 1. The highest BCUT2D eigenvalue weighted by molar-refractivity contribution is 7.26. The molecular weight excluding hydrogens is 546 g/mol. The van der Waals surface area contributed by atoms with Gasteiger partial charge in [0.2, 0.25) is 5.91 Å². The third-order valence-corrected chi connectivity index (χ3v) is 9.88. The Balaban J connectivity index is 1.26. The minimum absolute atomic E-state index is 0.0108. The largest absolute Gasteiger partial charge is 0.440 e. The van der Waals surface area contributed by atoms with Gasteiger partial charge in [0.1, 0.15) is 5.58 Å². The molecule has 8 heteroatoms. The Morgan fingerprint density at radius 2 is 1.74 bits per heavy atom. The smallest absolute Gasteiger partial charge is 0.241 e. The zero-order chi connectivity index (χ0) is 28.8. The first-order valence-corrected chi connectivity index (χ1v) is 15.7. The number of hydrogen-bond donors (Lipinski definition) is 1. The molecule has 2 aliphatic rings. The lowest BCUT2D eigenvalue weighted by Crippen LogP contribution is -2.50. The molecule has 2 aliphatic heterocycles. The monoisotopic (exact) mass is 581 g/mol. The number of fused-ring (bicyclic) bond motifs is 4. The number of nitrogens with zero attached hydrogens (tertiary/aromatic N) is 2. The van der Waals surface area contributed by atoms with E-state index < -0.39 is 0 Å². The van der Waals surface area contributed by atoms with E-state index in [2.05, 4.69) is 45.4 Å². The molecule has 0 saturated carbocycles. The fourth-order valence-corrected chi connectivity index (χ4v) is 7.56. The molecule has 3 aromatic carbocycles. The van der Waals surface area contributed by atoms with Gasteiger partial charge in [-0.2, -0.15) is 0 Å². The molecule has 2 atom stereocenters. The van der Waals surface area contributed by atoms with Crippen LogP contribution in [0.15, 0.2) is 69.9 Å². The van der Waals surface area contributed by atoms with E-state index in [-0.39, 0.29) is 23.5 Å². The van der Waals surface area contributed by atoms with Crippen molar-refractivity contribution in [2.45, 2.75) is 45.3 Å². The van der Waals surface area contributed by atoms with Crippen LogP contribution in [0.5, 0.6) is 0 Å². The van der Waals surface area contributed by atoms with Gasteiger partial charge in [-0.1, -0.05) is 30.3 Å². The van der Waals surface area contributed by atoms with Crippen LogP contribution in [0, 0.1) is 0 Å². The Hall–Kier alpha value is -3.72. The molecule has 216 valence electrons. The lowest BCUT2D eigenvalue weighted by Gasteiger charge is -2.34. The summed E-state index contributed by atoms with van der Waals surface area (Å²) in [7, 11) is 0. The van der Waals surface area contributed by atoms with Crippen molar-refractivity contribution in [2.75, 3.05) is 43.0 Å². The summed E-state index contributed by atoms with van der Waals surface area (Å²) < 4.78 is 14.4. The number of rotatable bonds is 5. The summed E-state index contributed by atoms with van der Waals surface area (Å²) in [5.41, 5.74) is 3.37. The van der Waals surface area contributed by atoms with Crippen LogP contribution in [0.2, 0.25) is 0 Å². The summed E-state index contributed by atoms with van der Waals surface area (Å²) in [6, 6.07) is 19.7. The van der Waals surface area contributed by atoms with E-state index in [1.165, 1.54) is 6.42 Å². The highest BCUT2D eigenvalue weighted by Gasteiger charge is 2.26. The van der Waals surface area contributed by atoms with Crippen LogP contribution >= 0.6 is 11.3 Å². The van der Waals surface area contributed by atoms with Gasteiger partial charge < -0.3 is 19.4 Å². The molecule has 2 aromatic heterocycles. The van der Waals surface area contributed by atoms with E-state index in [0.717, 1.165) is 76.0 Å². The molecule has 0 spiro atoms. The van der Waals surface area contributed by atoms with Gasteiger partial charge in [-0.3, -0.25) is 14.5 Å². The molecule has 0 radical (unpaired) electrons. The second-order valence-electron chi connectivity index (χ2n) is 11.5. The fraction of sp³-hybridized carbons (Fsp3) is 0.353.